The number of hydrogen-bond donors (Lipinski definition) is 2. The molecule has 0 saturated carbocycles. The van der Waals surface area contributed by atoms with Crippen molar-refractivity contribution >= 4 is 22.4 Å². The number of anilines is 2. The van der Waals surface area contributed by atoms with Crippen molar-refractivity contribution in [3.63, 3.8) is 0 Å². The van der Waals surface area contributed by atoms with Crippen LogP contribution in [0.1, 0.15) is 33.3 Å². The van der Waals surface area contributed by atoms with Crippen molar-refractivity contribution in [1.82, 2.24) is 4.37 Å². The maximum atomic E-state index is 5.70. The van der Waals surface area contributed by atoms with Crippen LogP contribution in [-0.4, -0.2) is 10.9 Å². The standard InChI is InChI=1S/C11H21N3S/c1-7(2)11(4,5)6-13-10-8(3)9(12)14-15-10/h7,13H,6H2,1-5H3,(H2,12,14). The second kappa shape index (κ2) is 4.39. The highest BCUT2D eigenvalue weighted by Gasteiger charge is 2.22. The Labute approximate surface area is 96.2 Å². The molecule has 0 radical (unpaired) electrons. The molecule has 1 heterocycles. The molecule has 3 nitrogen and oxygen atoms in total. The zero-order valence-electron chi connectivity index (χ0n) is 10.2. The Morgan fingerprint density at radius 1 is 1.47 bits per heavy atom. The minimum atomic E-state index is 0.283. The highest BCUT2D eigenvalue weighted by molar-refractivity contribution is 7.10. The molecule has 0 amide bonds. The molecule has 86 valence electrons. The van der Waals surface area contributed by atoms with Crippen LogP contribution in [0, 0.1) is 18.3 Å². The van der Waals surface area contributed by atoms with Gasteiger partial charge >= 0.3 is 0 Å². The quantitative estimate of drug-likeness (QED) is 0.831. The normalized spacial score (nSPS) is 12.1. The first-order valence-corrected chi connectivity index (χ1v) is 6.07. The summed E-state index contributed by atoms with van der Waals surface area (Å²) in [6.07, 6.45) is 0. The molecule has 0 aliphatic rings. The fraction of sp³-hybridized carbons (Fsp3) is 0.727. The van der Waals surface area contributed by atoms with E-state index >= 15 is 0 Å². The highest BCUT2D eigenvalue weighted by atomic mass is 32.1. The Kier molecular flexibility index (Phi) is 3.60. The lowest BCUT2D eigenvalue weighted by Crippen LogP contribution is -2.28. The topological polar surface area (TPSA) is 50.9 Å². The van der Waals surface area contributed by atoms with Gasteiger partial charge in [0.1, 0.15) is 10.8 Å². The van der Waals surface area contributed by atoms with E-state index in [1.165, 1.54) is 11.5 Å². The number of nitrogens with two attached hydrogens (primary N) is 1. The molecule has 0 bridgehead atoms. The van der Waals surface area contributed by atoms with Crippen LogP contribution in [0.25, 0.3) is 0 Å². The van der Waals surface area contributed by atoms with E-state index in [0.29, 0.717) is 11.7 Å². The fourth-order valence-electron chi connectivity index (χ4n) is 1.03. The van der Waals surface area contributed by atoms with E-state index in [2.05, 4.69) is 37.4 Å². The second-order valence-corrected chi connectivity index (χ2v) is 5.79. The molecule has 0 aliphatic carbocycles. The summed E-state index contributed by atoms with van der Waals surface area (Å²) >= 11 is 1.44. The SMILES string of the molecule is Cc1c(N)nsc1NCC(C)(C)C(C)C. The van der Waals surface area contributed by atoms with E-state index in [0.717, 1.165) is 17.1 Å². The summed E-state index contributed by atoms with van der Waals surface area (Å²) in [6, 6.07) is 0. The van der Waals surface area contributed by atoms with Gasteiger partial charge in [-0.25, -0.2) is 0 Å². The average Bonchev–Trinajstić information content (AvgIpc) is 2.45. The number of nitrogens with one attached hydrogen (secondary N) is 1. The molecule has 1 aromatic rings. The van der Waals surface area contributed by atoms with Gasteiger partial charge in [-0.05, 0) is 29.8 Å². The van der Waals surface area contributed by atoms with Gasteiger partial charge in [-0.15, -0.1) is 0 Å². The molecule has 0 saturated heterocycles. The summed E-state index contributed by atoms with van der Waals surface area (Å²) in [7, 11) is 0. The molecule has 0 aliphatic heterocycles. The van der Waals surface area contributed by atoms with Gasteiger partial charge in [0.05, 0.1) is 0 Å². The molecule has 1 rings (SSSR count). The minimum Gasteiger partial charge on any atom is -0.383 e. The number of rotatable bonds is 4. The summed E-state index contributed by atoms with van der Waals surface area (Å²) < 4.78 is 4.12. The molecular weight excluding hydrogens is 206 g/mol. The van der Waals surface area contributed by atoms with Crippen LogP contribution < -0.4 is 11.1 Å². The zero-order valence-corrected chi connectivity index (χ0v) is 11.0. The van der Waals surface area contributed by atoms with Crippen LogP contribution in [-0.2, 0) is 0 Å². The maximum absolute atomic E-state index is 5.70. The third kappa shape index (κ3) is 2.84. The van der Waals surface area contributed by atoms with Crippen LogP contribution in [0.3, 0.4) is 0 Å². The molecule has 4 heteroatoms. The van der Waals surface area contributed by atoms with E-state index in [4.69, 9.17) is 5.73 Å². The monoisotopic (exact) mass is 227 g/mol. The smallest absolute Gasteiger partial charge is 0.142 e. The van der Waals surface area contributed by atoms with E-state index in [1.807, 2.05) is 6.92 Å². The number of hydrogen-bond acceptors (Lipinski definition) is 4. The fourth-order valence-corrected chi connectivity index (χ4v) is 1.73. The van der Waals surface area contributed by atoms with Crippen molar-refractivity contribution in [3.8, 4) is 0 Å². The Morgan fingerprint density at radius 3 is 2.47 bits per heavy atom. The Bertz CT molecular complexity index is 329. The molecule has 15 heavy (non-hydrogen) atoms. The molecule has 0 aromatic carbocycles. The average molecular weight is 227 g/mol. The van der Waals surface area contributed by atoms with Gasteiger partial charge in [-0.1, -0.05) is 27.7 Å². The summed E-state index contributed by atoms with van der Waals surface area (Å²) in [5, 5.41) is 4.53. The van der Waals surface area contributed by atoms with E-state index in [9.17, 15) is 0 Å². The van der Waals surface area contributed by atoms with Crippen molar-refractivity contribution in [2.45, 2.75) is 34.6 Å². The van der Waals surface area contributed by atoms with Gasteiger partial charge in [0.25, 0.3) is 0 Å². The molecule has 1 aromatic heterocycles. The molecule has 0 atom stereocenters. The molecule has 0 unspecified atom stereocenters. The Morgan fingerprint density at radius 2 is 2.07 bits per heavy atom. The van der Waals surface area contributed by atoms with Gasteiger partial charge in [0.2, 0.25) is 0 Å². The largest absolute Gasteiger partial charge is 0.383 e. The van der Waals surface area contributed by atoms with E-state index < -0.39 is 0 Å². The third-order valence-corrected chi connectivity index (χ3v) is 4.15. The lowest BCUT2D eigenvalue weighted by atomic mass is 9.81. The van der Waals surface area contributed by atoms with Crippen molar-refractivity contribution in [1.29, 1.82) is 0 Å². The lowest BCUT2D eigenvalue weighted by molar-refractivity contribution is 0.270. The minimum absolute atomic E-state index is 0.283. The maximum Gasteiger partial charge on any atom is 0.142 e. The number of nitrogens with zero attached hydrogens (tertiary/aromatic N) is 1. The lowest BCUT2D eigenvalue weighted by Gasteiger charge is -2.29. The Hall–Kier alpha value is -0.770. The van der Waals surface area contributed by atoms with Gasteiger partial charge in [0, 0.05) is 12.1 Å². The predicted molar refractivity (Wildman–Crippen MR) is 68.4 cm³/mol. The van der Waals surface area contributed by atoms with Crippen LogP contribution in [0.4, 0.5) is 10.8 Å². The third-order valence-electron chi connectivity index (χ3n) is 3.23. The highest BCUT2D eigenvalue weighted by Crippen LogP contribution is 2.30. The van der Waals surface area contributed by atoms with Crippen molar-refractivity contribution < 1.29 is 0 Å². The van der Waals surface area contributed by atoms with E-state index in [1.54, 1.807) is 0 Å². The van der Waals surface area contributed by atoms with Gasteiger partial charge in [-0.2, -0.15) is 4.37 Å². The van der Waals surface area contributed by atoms with E-state index in [-0.39, 0.29) is 5.41 Å². The first kappa shape index (κ1) is 12.3. The second-order valence-electron chi connectivity index (χ2n) is 5.02. The predicted octanol–water partition coefficient (Wildman–Crippen LogP) is 3.13. The van der Waals surface area contributed by atoms with Gasteiger partial charge in [0.15, 0.2) is 0 Å². The summed E-state index contributed by atoms with van der Waals surface area (Å²) in [5.41, 5.74) is 7.05. The summed E-state index contributed by atoms with van der Waals surface area (Å²) in [6.45, 7) is 12.0. The van der Waals surface area contributed by atoms with Crippen molar-refractivity contribution in [3.05, 3.63) is 5.56 Å². The Balaban J connectivity index is 2.61. The van der Waals surface area contributed by atoms with Crippen LogP contribution in [0.5, 0.6) is 0 Å². The first-order chi connectivity index (χ1) is 6.84. The molecular formula is C11H21N3S. The number of nitrogen functional groups attached to an aromatic ring is 1. The first-order valence-electron chi connectivity index (χ1n) is 5.30. The van der Waals surface area contributed by atoms with Crippen LogP contribution in [0.2, 0.25) is 0 Å². The van der Waals surface area contributed by atoms with Gasteiger partial charge < -0.3 is 11.1 Å². The zero-order chi connectivity index (χ0) is 11.6. The molecule has 0 spiro atoms. The van der Waals surface area contributed by atoms with Crippen molar-refractivity contribution in [2.24, 2.45) is 11.3 Å². The van der Waals surface area contributed by atoms with Crippen molar-refractivity contribution in [2.75, 3.05) is 17.6 Å². The van der Waals surface area contributed by atoms with Gasteiger partial charge in [-0.3, -0.25) is 0 Å². The summed E-state index contributed by atoms with van der Waals surface area (Å²) in [5.74, 6) is 1.29. The molecule has 0 fully saturated rings. The molecule has 3 N–H and O–H groups in total. The van der Waals surface area contributed by atoms with Crippen LogP contribution in [0.15, 0.2) is 0 Å². The summed E-state index contributed by atoms with van der Waals surface area (Å²) in [4.78, 5) is 0. The van der Waals surface area contributed by atoms with Crippen LogP contribution >= 0.6 is 11.5 Å². The number of aromatic nitrogens is 1.